The average Bonchev–Trinajstić information content (AvgIpc) is 2.53. The lowest BCUT2D eigenvalue weighted by molar-refractivity contribution is 0.0963. The van der Waals surface area contributed by atoms with Gasteiger partial charge in [-0.3, -0.25) is 4.79 Å². The van der Waals surface area contributed by atoms with E-state index in [0.29, 0.717) is 23.0 Å². The zero-order valence-corrected chi connectivity index (χ0v) is 12.6. The summed E-state index contributed by atoms with van der Waals surface area (Å²) in [5.74, 6) is 0.347. The second-order valence-corrected chi connectivity index (χ2v) is 4.71. The van der Waals surface area contributed by atoms with Crippen molar-refractivity contribution in [2.24, 2.45) is 0 Å². The fourth-order valence-electron chi connectivity index (χ4n) is 1.81. The number of aromatic nitrogens is 1. The molecule has 0 atom stereocenters. The Morgan fingerprint density at radius 2 is 2.14 bits per heavy atom. The van der Waals surface area contributed by atoms with Gasteiger partial charge in [0.05, 0.1) is 29.9 Å². The van der Waals surface area contributed by atoms with Gasteiger partial charge in [-0.05, 0) is 24.3 Å². The third-order valence-corrected chi connectivity index (χ3v) is 3.23. The molecule has 0 saturated carbocycles. The highest BCUT2D eigenvalue weighted by Crippen LogP contribution is 2.21. The molecular formula is C15H16ClN3O2. The summed E-state index contributed by atoms with van der Waals surface area (Å²) in [5.41, 5.74) is 2.07. The van der Waals surface area contributed by atoms with Crippen molar-refractivity contribution in [2.75, 3.05) is 19.5 Å². The predicted molar refractivity (Wildman–Crippen MR) is 83.0 cm³/mol. The number of halogens is 1. The van der Waals surface area contributed by atoms with Gasteiger partial charge in [0.1, 0.15) is 0 Å². The Morgan fingerprint density at radius 1 is 1.33 bits per heavy atom. The smallest absolute Gasteiger partial charge is 0.252 e. The lowest BCUT2D eigenvalue weighted by atomic mass is 10.2. The molecule has 0 spiro atoms. The Bertz CT molecular complexity index is 647. The summed E-state index contributed by atoms with van der Waals surface area (Å²) >= 11 is 6.01. The van der Waals surface area contributed by atoms with Crippen molar-refractivity contribution in [1.29, 1.82) is 0 Å². The van der Waals surface area contributed by atoms with Crippen molar-refractivity contribution in [3.63, 3.8) is 0 Å². The summed E-state index contributed by atoms with van der Waals surface area (Å²) in [6.45, 7) is 0.520. The van der Waals surface area contributed by atoms with Gasteiger partial charge in [0.2, 0.25) is 5.88 Å². The minimum absolute atomic E-state index is 0.219. The van der Waals surface area contributed by atoms with Crippen molar-refractivity contribution in [2.45, 2.75) is 6.54 Å². The summed E-state index contributed by atoms with van der Waals surface area (Å²) in [5, 5.41) is 6.18. The van der Waals surface area contributed by atoms with Crippen LogP contribution in [0.4, 0.5) is 5.69 Å². The Morgan fingerprint density at radius 3 is 2.86 bits per heavy atom. The molecule has 0 aliphatic rings. The first-order valence-electron chi connectivity index (χ1n) is 6.39. The van der Waals surface area contributed by atoms with E-state index in [-0.39, 0.29) is 5.91 Å². The van der Waals surface area contributed by atoms with E-state index in [4.69, 9.17) is 16.3 Å². The third-order valence-electron chi connectivity index (χ3n) is 2.90. The monoisotopic (exact) mass is 305 g/mol. The molecule has 1 aromatic heterocycles. The molecule has 0 radical (unpaired) electrons. The standard InChI is InChI=1S/C15H16ClN3O2/c1-17-15(20)12-8-10(6-7-13(12)16)18-9-11-4-3-5-14(19-11)21-2/h3-8,18H,9H2,1-2H3,(H,17,20). The second-order valence-electron chi connectivity index (χ2n) is 4.30. The van der Waals surface area contributed by atoms with Gasteiger partial charge in [0.25, 0.3) is 5.91 Å². The van der Waals surface area contributed by atoms with Gasteiger partial charge >= 0.3 is 0 Å². The number of hydrogen-bond acceptors (Lipinski definition) is 4. The van der Waals surface area contributed by atoms with Crippen molar-refractivity contribution < 1.29 is 9.53 Å². The first-order valence-corrected chi connectivity index (χ1v) is 6.77. The molecule has 0 aliphatic heterocycles. The molecule has 1 heterocycles. The first-order chi connectivity index (χ1) is 10.1. The normalized spacial score (nSPS) is 10.0. The topological polar surface area (TPSA) is 63.2 Å². The van der Waals surface area contributed by atoms with Gasteiger partial charge in [0, 0.05) is 18.8 Å². The van der Waals surface area contributed by atoms with Gasteiger partial charge in [-0.1, -0.05) is 17.7 Å². The highest BCUT2D eigenvalue weighted by Gasteiger charge is 2.09. The Labute approximate surface area is 128 Å². The summed E-state index contributed by atoms with van der Waals surface area (Å²) in [6.07, 6.45) is 0. The first kappa shape index (κ1) is 15.1. The number of pyridine rings is 1. The molecule has 1 amide bonds. The van der Waals surface area contributed by atoms with E-state index in [9.17, 15) is 4.79 Å². The van der Waals surface area contributed by atoms with Crippen LogP contribution in [0.1, 0.15) is 16.1 Å². The van der Waals surface area contributed by atoms with Gasteiger partial charge in [-0.2, -0.15) is 0 Å². The molecule has 110 valence electrons. The van der Waals surface area contributed by atoms with E-state index < -0.39 is 0 Å². The van der Waals surface area contributed by atoms with E-state index in [1.165, 1.54) is 0 Å². The molecule has 2 rings (SSSR count). The minimum atomic E-state index is -0.219. The highest BCUT2D eigenvalue weighted by molar-refractivity contribution is 6.34. The SMILES string of the molecule is CNC(=O)c1cc(NCc2cccc(OC)n2)ccc1Cl. The lowest BCUT2D eigenvalue weighted by Crippen LogP contribution is -2.18. The molecule has 2 N–H and O–H groups in total. The van der Waals surface area contributed by atoms with Gasteiger partial charge < -0.3 is 15.4 Å². The number of amides is 1. The third kappa shape index (κ3) is 3.86. The van der Waals surface area contributed by atoms with Crippen LogP contribution < -0.4 is 15.4 Å². The minimum Gasteiger partial charge on any atom is -0.481 e. The molecule has 0 saturated heterocycles. The number of methoxy groups -OCH3 is 1. The lowest BCUT2D eigenvalue weighted by Gasteiger charge is -2.09. The summed E-state index contributed by atoms with van der Waals surface area (Å²) in [4.78, 5) is 16.0. The van der Waals surface area contributed by atoms with Crippen LogP contribution >= 0.6 is 11.6 Å². The van der Waals surface area contributed by atoms with Crippen LogP contribution in [0.3, 0.4) is 0 Å². The Hall–Kier alpha value is -2.27. The number of benzene rings is 1. The van der Waals surface area contributed by atoms with E-state index >= 15 is 0 Å². The maximum absolute atomic E-state index is 11.7. The molecule has 0 bridgehead atoms. The van der Waals surface area contributed by atoms with Crippen molar-refractivity contribution in [3.8, 4) is 5.88 Å². The molecule has 2 aromatic rings. The van der Waals surface area contributed by atoms with Crippen molar-refractivity contribution in [1.82, 2.24) is 10.3 Å². The number of ether oxygens (including phenoxy) is 1. The fraction of sp³-hybridized carbons (Fsp3) is 0.200. The van der Waals surface area contributed by atoms with E-state index in [0.717, 1.165) is 11.4 Å². The average molecular weight is 306 g/mol. The molecule has 5 nitrogen and oxygen atoms in total. The van der Waals surface area contributed by atoms with Crippen LogP contribution in [0, 0.1) is 0 Å². The number of hydrogen-bond donors (Lipinski definition) is 2. The molecular weight excluding hydrogens is 290 g/mol. The maximum atomic E-state index is 11.7. The Kier molecular flexibility index (Phi) is 5.00. The van der Waals surface area contributed by atoms with Crippen LogP contribution in [-0.2, 0) is 6.54 Å². The van der Waals surface area contributed by atoms with Crippen LogP contribution in [0.2, 0.25) is 5.02 Å². The van der Waals surface area contributed by atoms with Crippen LogP contribution in [-0.4, -0.2) is 25.0 Å². The number of nitrogens with zero attached hydrogens (tertiary/aromatic N) is 1. The number of carbonyl (C=O) groups is 1. The second kappa shape index (κ2) is 6.95. The maximum Gasteiger partial charge on any atom is 0.252 e. The number of rotatable bonds is 5. The number of anilines is 1. The quantitative estimate of drug-likeness (QED) is 0.891. The molecule has 1 aromatic carbocycles. The van der Waals surface area contributed by atoms with Crippen molar-refractivity contribution in [3.05, 3.63) is 52.7 Å². The predicted octanol–water partition coefficient (Wildman–Crippen LogP) is 2.72. The van der Waals surface area contributed by atoms with E-state index in [1.807, 2.05) is 18.2 Å². The van der Waals surface area contributed by atoms with Crippen LogP contribution in [0.15, 0.2) is 36.4 Å². The van der Waals surface area contributed by atoms with E-state index in [1.54, 1.807) is 32.4 Å². The molecule has 21 heavy (non-hydrogen) atoms. The van der Waals surface area contributed by atoms with Gasteiger partial charge in [-0.25, -0.2) is 4.98 Å². The number of nitrogens with one attached hydrogen (secondary N) is 2. The molecule has 0 aliphatic carbocycles. The van der Waals surface area contributed by atoms with Gasteiger partial charge in [0.15, 0.2) is 0 Å². The Balaban J connectivity index is 2.11. The zero-order chi connectivity index (χ0) is 15.2. The van der Waals surface area contributed by atoms with Gasteiger partial charge in [-0.15, -0.1) is 0 Å². The van der Waals surface area contributed by atoms with Crippen LogP contribution in [0.25, 0.3) is 0 Å². The molecule has 6 heteroatoms. The summed E-state index contributed by atoms with van der Waals surface area (Å²) in [7, 11) is 3.15. The summed E-state index contributed by atoms with van der Waals surface area (Å²) in [6, 6.07) is 10.8. The fourth-order valence-corrected chi connectivity index (χ4v) is 2.01. The number of carbonyl (C=O) groups excluding carboxylic acids is 1. The molecule has 0 fully saturated rings. The zero-order valence-electron chi connectivity index (χ0n) is 11.8. The van der Waals surface area contributed by atoms with Crippen LogP contribution in [0.5, 0.6) is 5.88 Å². The summed E-state index contributed by atoms with van der Waals surface area (Å²) < 4.78 is 5.08. The van der Waals surface area contributed by atoms with Crippen molar-refractivity contribution >= 4 is 23.2 Å². The molecule has 0 unspecified atom stereocenters. The highest BCUT2D eigenvalue weighted by atomic mass is 35.5. The largest absolute Gasteiger partial charge is 0.481 e. The van der Waals surface area contributed by atoms with E-state index in [2.05, 4.69) is 15.6 Å².